The molecule has 5 heteroatoms. The Balaban J connectivity index is 1.80. The Morgan fingerprint density at radius 3 is 2.26 bits per heavy atom. The maximum Gasteiger partial charge on any atom is 0.257 e. The molecule has 0 aliphatic carbocycles. The number of hydrogen-bond donors (Lipinski definition) is 1. The number of para-hydroxylation sites is 1. The number of benzene rings is 2. The van der Waals surface area contributed by atoms with E-state index < -0.39 is 0 Å². The van der Waals surface area contributed by atoms with Crippen molar-refractivity contribution in [2.24, 2.45) is 0 Å². The van der Waals surface area contributed by atoms with Crippen LogP contribution >= 0.6 is 0 Å². The molecule has 0 saturated carbocycles. The Bertz CT molecular complexity index is 953. The van der Waals surface area contributed by atoms with Crippen LogP contribution in [0.25, 0.3) is 10.9 Å². The number of rotatable bonds is 6. The van der Waals surface area contributed by atoms with E-state index in [4.69, 9.17) is 0 Å². The average Bonchev–Trinajstić information content (AvgIpc) is 3.08. The third kappa shape index (κ3) is 3.72. The molecule has 0 spiro atoms. The van der Waals surface area contributed by atoms with Crippen molar-refractivity contribution in [3.63, 3.8) is 0 Å². The van der Waals surface area contributed by atoms with Crippen LogP contribution in [-0.4, -0.2) is 34.4 Å². The van der Waals surface area contributed by atoms with Crippen LogP contribution in [0.15, 0.2) is 54.7 Å². The van der Waals surface area contributed by atoms with E-state index in [-0.39, 0.29) is 11.8 Å². The number of carbonyl (C=O) groups excluding carboxylic acids is 2. The summed E-state index contributed by atoms with van der Waals surface area (Å²) in [5, 5.41) is 3.87. The van der Waals surface area contributed by atoms with Crippen LogP contribution in [-0.2, 0) is 6.54 Å². The number of amides is 2. The second-order valence-electron chi connectivity index (χ2n) is 6.35. The van der Waals surface area contributed by atoms with E-state index in [1.807, 2.05) is 44.3 Å². The van der Waals surface area contributed by atoms with Gasteiger partial charge in [0.2, 0.25) is 0 Å². The minimum absolute atomic E-state index is 0.00360. The van der Waals surface area contributed by atoms with E-state index in [9.17, 15) is 9.59 Å². The molecule has 3 aromatic rings. The molecule has 0 radical (unpaired) electrons. The van der Waals surface area contributed by atoms with Crippen LogP contribution in [0.1, 0.15) is 41.5 Å². The molecule has 0 aliphatic rings. The van der Waals surface area contributed by atoms with Crippen LogP contribution in [0, 0.1) is 0 Å². The molecule has 0 fully saturated rings. The van der Waals surface area contributed by atoms with Crippen molar-refractivity contribution in [3.8, 4) is 0 Å². The molecule has 2 aromatic carbocycles. The number of hydrogen-bond acceptors (Lipinski definition) is 2. The summed E-state index contributed by atoms with van der Waals surface area (Å²) < 4.78 is 2.07. The van der Waals surface area contributed by atoms with Crippen molar-refractivity contribution in [2.75, 3.05) is 18.4 Å². The van der Waals surface area contributed by atoms with E-state index in [1.165, 1.54) is 0 Å². The molecular weight excluding hydrogens is 338 g/mol. The second kappa shape index (κ2) is 8.08. The zero-order valence-electron chi connectivity index (χ0n) is 16.0. The number of carbonyl (C=O) groups is 2. The zero-order valence-corrected chi connectivity index (χ0v) is 16.0. The summed E-state index contributed by atoms with van der Waals surface area (Å²) in [6.07, 6.45) is 1.89. The fraction of sp³-hybridized carbons (Fsp3) is 0.273. The highest BCUT2D eigenvalue weighted by Crippen LogP contribution is 2.22. The number of aromatic nitrogens is 1. The van der Waals surface area contributed by atoms with Gasteiger partial charge < -0.3 is 14.8 Å². The van der Waals surface area contributed by atoms with E-state index in [1.54, 1.807) is 29.2 Å². The van der Waals surface area contributed by atoms with Gasteiger partial charge in [-0.15, -0.1) is 0 Å². The van der Waals surface area contributed by atoms with Gasteiger partial charge >= 0.3 is 0 Å². The van der Waals surface area contributed by atoms with Crippen LogP contribution in [0.5, 0.6) is 0 Å². The first-order valence-corrected chi connectivity index (χ1v) is 9.37. The molecule has 0 bridgehead atoms. The quantitative estimate of drug-likeness (QED) is 0.706. The molecule has 0 saturated heterocycles. The molecule has 5 nitrogen and oxygen atoms in total. The van der Waals surface area contributed by atoms with Gasteiger partial charge in [-0.1, -0.05) is 18.2 Å². The average molecular weight is 363 g/mol. The highest BCUT2D eigenvalue weighted by atomic mass is 16.2. The molecule has 140 valence electrons. The summed E-state index contributed by atoms with van der Waals surface area (Å²) in [5.41, 5.74) is 2.99. The summed E-state index contributed by atoms with van der Waals surface area (Å²) in [6.45, 7) is 8.13. The summed E-state index contributed by atoms with van der Waals surface area (Å²) in [4.78, 5) is 26.9. The molecule has 3 rings (SSSR count). The highest BCUT2D eigenvalue weighted by molar-refractivity contribution is 6.13. The Morgan fingerprint density at radius 2 is 1.63 bits per heavy atom. The third-order valence-electron chi connectivity index (χ3n) is 4.81. The van der Waals surface area contributed by atoms with Gasteiger partial charge in [0.1, 0.15) is 0 Å². The first-order chi connectivity index (χ1) is 13.1. The van der Waals surface area contributed by atoms with Crippen LogP contribution in [0.4, 0.5) is 5.69 Å². The maximum atomic E-state index is 12.8. The first kappa shape index (κ1) is 18.7. The second-order valence-corrected chi connectivity index (χ2v) is 6.35. The molecule has 0 unspecified atom stereocenters. The monoisotopic (exact) mass is 363 g/mol. The molecular formula is C22H25N3O2. The Labute approximate surface area is 159 Å². The molecule has 1 heterocycles. The molecule has 2 amide bonds. The summed E-state index contributed by atoms with van der Waals surface area (Å²) in [6, 6.07) is 14.9. The van der Waals surface area contributed by atoms with Gasteiger partial charge in [0.15, 0.2) is 0 Å². The zero-order chi connectivity index (χ0) is 19.4. The van der Waals surface area contributed by atoms with Gasteiger partial charge in [0.25, 0.3) is 11.8 Å². The predicted molar refractivity (Wildman–Crippen MR) is 109 cm³/mol. The lowest BCUT2D eigenvalue weighted by Gasteiger charge is -2.18. The van der Waals surface area contributed by atoms with Gasteiger partial charge in [-0.05, 0) is 51.1 Å². The SMILES string of the molecule is CCN(CC)C(=O)c1ccc(NC(=O)c2cn(CC)c3ccccc23)cc1. The Morgan fingerprint density at radius 1 is 0.963 bits per heavy atom. The number of fused-ring (bicyclic) bond motifs is 1. The molecule has 0 atom stereocenters. The third-order valence-corrected chi connectivity index (χ3v) is 4.81. The highest BCUT2D eigenvalue weighted by Gasteiger charge is 2.15. The summed E-state index contributed by atoms with van der Waals surface area (Å²) in [5.74, 6) is -0.148. The van der Waals surface area contributed by atoms with Gasteiger partial charge in [-0.2, -0.15) is 0 Å². The minimum Gasteiger partial charge on any atom is -0.347 e. The van der Waals surface area contributed by atoms with Crippen molar-refractivity contribution in [2.45, 2.75) is 27.3 Å². The minimum atomic E-state index is -0.152. The number of aryl methyl sites for hydroxylation is 1. The normalized spacial score (nSPS) is 10.8. The van der Waals surface area contributed by atoms with Gasteiger partial charge in [0, 0.05) is 48.0 Å². The van der Waals surface area contributed by atoms with Crippen molar-refractivity contribution in [3.05, 3.63) is 65.9 Å². The van der Waals surface area contributed by atoms with Gasteiger partial charge in [-0.25, -0.2) is 0 Å². The van der Waals surface area contributed by atoms with E-state index in [0.29, 0.717) is 29.9 Å². The van der Waals surface area contributed by atoms with Crippen molar-refractivity contribution in [1.29, 1.82) is 0 Å². The Hall–Kier alpha value is -3.08. The van der Waals surface area contributed by atoms with Crippen molar-refractivity contribution >= 4 is 28.4 Å². The van der Waals surface area contributed by atoms with Gasteiger partial charge in [0.05, 0.1) is 5.56 Å². The number of anilines is 1. The lowest BCUT2D eigenvalue weighted by atomic mass is 10.1. The summed E-state index contributed by atoms with van der Waals surface area (Å²) >= 11 is 0. The molecule has 1 aromatic heterocycles. The largest absolute Gasteiger partial charge is 0.347 e. The van der Waals surface area contributed by atoms with Crippen LogP contribution < -0.4 is 5.32 Å². The van der Waals surface area contributed by atoms with E-state index in [0.717, 1.165) is 17.4 Å². The Kier molecular flexibility index (Phi) is 5.60. The fourth-order valence-electron chi connectivity index (χ4n) is 3.28. The van der Waals surface area contributed by atoms with E-state index >= 15 is 0 Å². The van der Waals surface area contributed by atoms with Crippen molar-refractivity contribution in [1.82, 2.24) is 9.47 Å². The fourth-order valence-corrected chi connectivity index (χ4v) is 3.28. The molecule has 0 aliphatic heterocycles. The smallest absolute Gasteiger partial charge is 0.257 e. The first-order valence-electron chi connectivity index (χ1n) is 9.37. The maximum absolute atomic E-state index is 12.8. The number of nitrogens with zero attached hydrogens (tertiary/aromatic N) is 2. The van der Waals surface area contributed by atoms with Gasteiger partial charge in [-0.3, -0.25) is 9.59 Å². The van der Waals surface area contributed by atoms with Crippen LogP contribution in [0.2, 0.25) is 0 Å². The molecule has 1 N–H and O–H groups in total. The standard InChI is InChI=1S/C22H25N3O2/c1-4-24(5-2)22(27)16-11-13-17(14-12-16)23-21(26)19-15-25(6-3)20-10-8-7-9-18(19)20/h7-15H,4-6H2,1-3H3,(H,23,26). The number of nitrogens with one attached hydrogen (secondary N) is 1. The van der Waals surface area contributed by atoms with Crippen LogP contribution in [0.3, 0.4) is 0 Å². The van der Waals surface area contributed by atoms with E-state index in [2.05, 4.69) is 16.8 Å². The molecule has 27 heavy (non-hydrogen) atoms. The predicted octanol–water partition coefficient (Wildman–Crippen LogP) is 4.40. The van der Waals surface area contributed by atoms with Crippen molar-refractivity contribution < 1.29 is 9.59 Å². The lowest BCUT2D eigenvalue weighted by molar-refractivity contribution is 0.0773. The lowest BCUT2D eigenvalue weighted by Crippen LogP contribution is -2.30. The topological polar surface area (TPSA) is 54.3 Å². The summed E-state index contributed by atoms with van der Waals surface area (Å²) in [7, 11) is 0.